The SMILES string of the molecule is C=C1CC(O)C(C)(C2CCC3(O)C4=CC(=O)C5CC(O)C(O)CC5(C)C4CCC23C)OC1(C)C. The normalized spacial score (nSPS) is 54.7. The number of ketones is 1. The van der Waals surface area contributed by atoms with Crippen molar-refractivity contribution in [2.24, 2.45) is 28.6 Å². The van der Waals surface area contributed by atoms with Crippen molar-refractivity contribution in [1.29, 1.82) is 0 Å². The van der Waals surface area contributed by atoms with Gasteiger partial charge >= 0.3 is 0 Å². The molecule has 5 rings (SSSR count). The van der Waals surface area contributed by atoms with Crippen LogP contribution in [-0.4, -0.2) is 61.3 Å². The van der Waals surface area contributed by atoms with Gasteiger partial charge in [0.15, 0.2) is 5.78 Å². The summed E-state index contributed by atoms with van der Waals surface area (Å²) >= 11 is 0. The van der Waals surface area contributed by atoms with Gasteiger partial charge in [-0.05, 0) is 100 Å². The van der Waals surface area contributed by atoms with Gasteiger partial charge in [-0.15, -0.1) is 0 Å². The molecule has 10 atom stereocenters. The van der Waals surface area contributed by atoms with Crippen LogP contribution in [0.1, 0.15) is 79.6 Å². The van der Waals surface area contributed by atoms with Crippen LogP contribution in [0.3, 0.4) is 0 Å². The van der Waals surface area contributed by atoms with Crippen LogP contribution in [0.5, 0.6) is 0 Å². The summed E-state index contributed by atoms with van der Waals surface area (Å²) in [6, 6.07) is 0. The van der Waals surface area contributed by atoms with Gasteiger partial charge in [-0.25, -0.2) is 0 Å². The summed E-state index contributed by atoms with van der Waals surface area (Å²) in [5.41, 5.74) is -1.95. The highest BCUT2D eigenvalue weighted by molar-refractivity contribution is 5.95. The van der Waals surface area contributed by atoms with Gasteiger partial charge in [-0.1, -0.05) is 20.4 Å². The summed E-state index contributed by atoms with van der Waals surface area (Å²) in [7, 11) is 0. The minimum absolute atomic E-state index is 0.0182. The molecule has 1 saturated heterocycles. The molecule has 0 spiro atoms. The van der Waals surface area contributed by atoms with Crippen LogP contribution in [0.4, 0.5) is 0 Å². The predicted molar refractivity (Wildman–Crippen MR) is 128 cm³/mol. The van der Waals surface area contributed by atoms with Crippen molar-refractivity contribution in [3.63, 3.8) is 0 Å². The maximum absolute atomic E-state index is 13.3. The Morgan fingerprint density at radius 2 is 1.68 bits per heavy atom. The molecule has 6 heteroatoms. The quantitative estimate of drug-likeness (QED) is 0.435. The van der Waals surface area contributed by atoms with E-state index < -0.39 is 45.9 Å². The van der Waals surface area contributed by atoms with Crippen molar-refractivity contribution in [2.75, 3.05) is 0 Å². The number of carbonyl (C=O) groups is 1. The molecule has 4 fully saturated rings. The molecule has 0 amide bonds. The molecule has 1 aliphatic heterocycles. The Morgan fingerprint density at radius 1 is 1.00 bits per heavy atom. The summed E-state index contributed by atoms with van der Waals surface area (Å²) in [4.78, 5) is 13.3. The molecule has 5 aliphatic rings. The first-order valence-electron chi connectivity index (χ1n) is 13.0. The highest BCUT2D eigenvalue weighted by atomic mass is 16.5. The van der Waals surface area contributed by atoms with E-state index in [0.717, 1.165) is 24.0 Å². The fraction of sp³-hybridized carbons (Fsp3) is 0.821. The average Bonchev–Trinajstić information content (AvgIpc) is 3.01. The molecule has 10 unspecified atom stereocenters. The number of hydrogen-bond donors (Lipinski definition) is 4. The lowest BCUT2D eigenvalue weighted by atomic mass is 9.45. The summed E-state index contributed by atoms with van der Waals surface area (Å²) in [6.07, 6.45) is 3.09. The van der Waals surface area contributed by atoms with E-state index in [2.05, 4.69) is 20.4 Å². The standard InChI is InChI=1S/C28H42O6/c1-15-11-23(32)27(6,34-24(15,2)3)22-8-10-28(33)17-12-19(29)18-13-20(30)21(31)14-25(18,4)16(17)7-9-26(22,28)5/h12,16,18,20-23,30-33H,1,7-11,13-14H2,2-6H3. The second-order valence-corrected chi connectivity index (χ2v) is 13.2. The van der Waals surface area contributed by atoms with Crippen molar-refractivity contribution in [1.82, 2.24) is 0 Å². The van der Waals surface area contributed by atoms with Gasteiger partial charge in [-0.2, -0.15) is 0 Å². The van der Waals surface area contributed by atoms with Crippen molar-refractivity contribution in [3.05, 3.63) is 23.8 Å². The van der Waals surface area contributed by atoms with E-state index in [1.165, 1.54) is 0 Å². The lowest BCUT2D eigenvalue weighted by molar-refractivity contribution is -0.242. The third-order valence-electron chi connectivity index (χ3n) is 11.2. The van der Waals surface area contributed by atoms with E-state index in [0.29, 0.717) is 25.7 Å². The summed E-state index contributed by atoms with van der Waals surface area (Å²) < 4.78 is 6.61. The van der Waals surface area contributed by atoms with Gasteiger partial charge in [-0.3, -0.25) is 4.79 Å². The van der Waals surface area contributed by atoms with E-state index in [-0.39, 0.29) is 30.0 Å². The maximum Gasteiger partial charge on any atom is 0.159 e. The van der Waals surface area contributed by atoms with E-state index in [1.807, 2.05) is 20.8 Å². The van der Waals surface area contributed by atoms with Gasteiger partial charge < -0.3 is 25.2 Å². The van der Waals surface area contributed by atoms with Gasteiger partial charge in [0.1, 0.15) is 0 Å². The Morgan fingerprint density at radius 3 is 2.35 bits per heavy atom. The first-order valence-corrected chi connectivity index (χ1v) is 13.0. The number of allylic oxidation sites excluding steroid dienone is 1. The Kier molecular flexibility index (Phi) is 5.26. The first kappa shape index (κ1) is 24.6. The van der Waals surface area contributed by atoms with Crippen molar-refractivity contribution in [3.8, 4) is 0 Å². The number of carbonyl (C=O) groups excluding carboxylic acids is 1. The van der Waals surface area contributed by atoms with Crippen molar-refractivity contribution >= 4 is 5.78 Å². The summed E-state index contributed by atoms with van der Waals surface area (Å²) in [6.45, 7) is 14.3. The van der Waals surface area contributed by atoms with E-state index >= 15 is 0 Å². The van der Waals surface area contributed by atoms with E-state index in [4.69, 9.17) is 4.74 Å². The largest absolute Gasteiger partial charge is 0.390 e. The average molecular weight is 475 g/mol. The van der Waals surface area contributed by atoms with Gasteiger partial charge in [0.25, 0.3) is 0 Å². The summed E-state index contributed by atoms with van der Waals surface area (Å²) in [5, 5.41) is 44.4. The predicted octanol–water partition coefficient (Wildman–Crippen LogP) is 3.07. The highest BCUT2D eigenvalue weighted by Crippen LogP contribution is 2.69. The molecule has 190 valence electrons. The lowest BCUT2D eigenvalue weighted by Crippen LogP contribution is -2.65. The Balaban J connectivity index is 1.55. The number of ether oxygens (including phenoxy) is 1. The minimum Gasteiger partial charge on any atom is -0.390 e. The Hall–Kier alpha value is -1.05. The number of fused-ring (bicyclic) bond motifs is 5. The third-order valence-corrected chi connectivity index (χ3v) is 11.2. The molecule has 0 aromatic rings. The Labute approximate surface area is 203 Å². The van der Waals surface area contributed by atoms with E-state index in [1.54, 1.807) is 6.08 Å². The fourth-order valence-corrected chi connectivity index (χ4v) is 8.96. The molecular weight excluding hydrogens is 432 g/mol. The molecule has 0 bridgehead atoms. The third kappa shape index (κ3) is 2.95. The van der Waals surface area contributed by atoms with Gasteiger partial charge in [0.05, 0.1) is 35.1 Å². The van der Waals surface area contributed by atoms with Crippen LogP contribution >= 0.6 is 0 Å². The Bertz CT molecular complexity index is 955. The van der Waals surface area contributed by atoms with Crippen LogP contribution < -0.4 is 0 Å². The van der Waals surface area contributed by atoms with Crippen LogP contribution in [0, 0.1) is 28.6 Å². The zero-order chi connectivity index (χ0) is 25.1. The molecule has 4 aliphatic carbocycles. The number of aliphatic hydroxyl groups is 4. The fourth-order valence-electron chi connectivity index (χ4n) is 8.96. The second-order valence-electron chi connectivity index (χ2n) is 13.2. The molecule has 0 aromatic carbocycles. The molecule has 34 heavy (non-hydrogen) atoms. The van der Waals surface area contributed by atoms with Crippen LogP contribution in [-0.2, 0) is 9.53 Å². The number of aliphatic hydroxyl groups excluding tert-OH is 3. The number of rotatable bonds is 1. The monoisotopic (exact) mass is 474 g/mol. The molecule has 3 saturated carbocycles. The zero-order valence-corrected chi connectivity index (χ0v) is 21.3. The zero-order valence-electron chi connectivity index (χ0n) is 21.3. The van der Waals surface area contributed by atoms with Crippen LogP contribution in [0.25, 0.3) is 0 Å². The molecule has 0 aromatic heterocycles. The van der Waals surface area contributed by atoms with Gasteiger partial charge in [0.2, 0.25) is 0 Å². The maximum atomic E-state index is 13.3. The molecule has 4 N–H and O–H groups in total. The smallest absolute Gasteiger partial charge is 0.159 e. The molecular formula is C28H42O6. The minimum atomic E-state index is -1.17. The van der Waals surface area contributed by atoms with Crippen molar-refractivity contribution in [2.45, 2.75) is 115 Å². The summed E-state index contributed by atoms with van der Waals surface area (Å²) in [5.74, 6) is -0.486. The first-order chi connectivity index (χ1) is 15.6. The highest BCUT2D eigenvalue weighted by Gasteiger charge is 2.70. The second kappa shape index (κ2) is 7.25. The molecule has 0 radical (unpaired) electrons. The van der Waals surface area contributed by atoms with Crippen LogP contribution in [0.15, 0.2) is 23.8 Å². The van der Waals surface area contributed by atoms with Crippen LogP contribution in [0.2, 0.25) is 0 Å². The number of hydrogen-bond acceptors (Lipinski definition) is 6. The van der Waals surface area contributed by atoms with E-state index in [9.17, 15) is 25.2 Å². The molecule has 6 nitrogen and oxygen atoms in total. The van der Waals surface area contributed by atoms with Crippen molar-refractivity contribution < 1.29 is 30.0 Å². The topological polar surface area (TPSA) is 107 Å². The molecule has 1 heterocycles. The van der Waals surface area contributed by atoms with Gasteiger partial charge in [0, 0.05) is 11.3 Å². The lowest BCUT2D eigenvalue weighted by Gasteiger charge is -2.62.